The van der Waals surface area contributed by atoms with Crippen molar-refractivity contribution in [2.75, 3.05) is 14.1 Å². The van der Waals surface area contributed by atoms with Crippen LogP contribution in [0.4, 0.5) is 0 Å². The number of benzene rings is 1. The highest BCUT2D eigenvalue weighted by atomic mass is 79.9. The number of allylic oxidation sites excluding steroid dienone is 1. The van der Waals surface area contributed by atoms with Crippen LogP contribution in [-0.2, 0) is 0 Å². The maximum atomic E-state index is 12.4. The SMILES string of the molecule is CN(C)/C=C/C(=O)c1sc(-c2ccc(Cl)cc2)nc1C(Br)Br. The number of carbonyl (C=O) groups excluding carboxylic acids is 1. The van der Waals surface area contributed by atoms with Crippen LogP contribution in [0.5, 0.6) is 0 Å². The number of hydrogen-bond donors (Lipinski definition) is 0. The van der Waals surface area contributed by atoms with Crippen LogP contribution in [0.2, 0.25) is 5.02 Å². The summed E-state index contributed by atoms with van der Waals surface area (Å²) in [6.45, 7) is 0. The molecular formula is C15H13Br2ClN2OS. The standard InChI is InChI=1S/C15H13Br2ClN2OS/c1-20(2)8-7-11(21)13-12(14(16)17)19-15(22-13)9-3-5-10(18)6-4-9/h3-8,14H,1-2H3/b8-7+. The van der Waals surface area contributed by atoms with E-state index in [-0.39, 0.29) is 9.52 Å². The Kier molecular flexibility index (Phi) is 6.20. The summed E-state index contributed by atoms with van der Waals surface area (Å²) in [5.74, 6) is -0.0645. The molecule has 7 heteroatoms. The van der Waals surface area contributed by atoms with Gasteiger partial charge in [-0.25, -0.2) is 4.98 Å². The number of thiazole rings is 1. The van der Waals surface area contributed by atoms with Crippen molar-refractivity contribution in [3.05, 3.63) is 52.1 Å². The van der Waals surface area contributed by atoms with Crippen molar-refractivity contribution in [3.8, 4) is 10.6 Å². The summed E-state index contributed by atoms with van der Waals surface area (Å²) in [4.78, 5) is 19.4. The van der Waals surface area contributed by atoms with Crippen molar-refractivity contribution in [3.63, 3.8) is 0 Å². The van der Waals surface area contributed by atoms with E-state index in [0.717, 1.165) is 10.6 Å². The highest BCUT2D eigenvalue weighted by Crippen LogP contribution is 2.38. The Morgan fingerprint density at radius 1 is 1.32 bits per heavy atom. The smallest absolute Gasteiger partial charge is 0.199 e. The maximum Gasteiger partial charge on any atom is 0.199 e. The topological polar surface area (TPSA) is 33.2 Å². The van der Waals surface area contributed by atoms with Gasteiger partial charge in [-0.2, -0.15) is 0 Å². The molecule has 3 nitrogen and oxygen atoms in total. The van der Waals surface area contributed by atoms with Crippen LogP contribution < -0.4 is 0 Å². The van der Waals surface area contributed by atoms with Gasteiger partial charge in [-0.15, -0.1) is 11.3 Å². The molecule has 0 radical (unpaired) electrons. The number of alkyl halides is 2. The van der Waals surface area contributed by atoms with E-state index in [1.165, 1.54) is 11.3 Å². The van der Waals surface area contributed by atoms with Gasteiger partial charge in [-0.05, 0) is 12.1 Å². The summed E-state index contributed by atoms with van der Waals surface area (Å²) in [5, 5.41) is 1.46. The monoisotopic (exact) mass is 462 g/mol. The number of rotatable bonds is 5. The minimum absolute atomic E-state index is 0.0645. The minimum Gasteiger partial charge on any atom is -0.383 e. The fourth-order valence-electron chi connectivity index (χ4n) is 1.66. The molecule has 0 atom stereocenters. The third-order valence-corrected chi connectivity index (χ3v) is 4.95. The summed E-state index contributed by atoms with van der Waals surface area (Å²) >= 11 is 14.1. The van der Waals surface area contributed by atoms with Crippen molar-refractivity contribution in [1.29, 1.82) is 0 Å². The second-order valence-electron chi connectivity index (χ2n) is 4.68. The molecular weight excluding hydrogens is 452 g/mol. The van der Waals surface area contributed by atoms with Crippen LogP contribution in [0.3, 0.4) is 0 Å². The molecule has 0 amide bonds. The molecule has 0 saturated heterocycles. The summed E-state index contributed by atoms with van der Waals surface area (Å²) in [7, 11) is 3.74. The molecule has 0 N–H and O–H groups in total. The average molecular weight is 465 g/mol. The van der Waals surface area contributed by atoms with Crippen molar-refractivity contribution < 1.29 is 4.79 Å². The predicted molar refractivity (Wildman–Crippen MR) is 100 cm³/mol. The number of hydrogen-bond acceptors (Lipinski definition) is 4. The molecule has 0 aliphatic carbocycles. The van der Waals surface area contributed by atoms with Gasteiger partial charge in [0.1, 0.15) is 13.6 Å². The lowest BCUT2D eigenvalue weighted by Gasteiger charge is -2.03. The molecule has 0 fully saturated rings. The first-order chi connectivity index (χ1) is 10.4. The Hall–Kier alpha value is -0.690. The molecule has 0 spiro atoms. The fourth-order valence-corrected chi connectivity index (χ4v) is 3.78. The Bertz CT molecular complexity index is 696. The number of carbonyl (C=O) groups is 1. The van der Waals surface area contributed by atoms with Gasteiger partial charge >= 0.3 is 0 Å². The predicted octanol–water partition coefficient (Wildman–Crippen LogP) is 5.51. The van der Waals surface area contributed by atoms with E-state index < -0.39 is 0 Å². The van der Waals surface area contributed by atoms with Crippen LogP contribution in [0.25, 0.3) is 10.6 Å². The van der Waals surface area contributed by atoms with Crippen LogP contribution >= 0.6 is 54.8 Å². The second-order valence-corrected chi connectivity index (χ2v) is 9.18. The van der Waals surface area contributed by atoms with E-state index in [9.17, 15) is 4.79 Å². The zero-order valence-corrected chi connectivity index (χ0v) is 16.6. The molecule has 1 aromatic carbocycles. The minimum atomic E-state index is -0.177. The largest absolute Gasteiger partial charge is 0.383 e. The zero-order valence-electron chi connectivity index (χ0n) is 11.9. The van der Waals surface area contributed by atoms with E-state index >= 15 is 0 Å². The number of halogens is 3. The Morgan fingerprint density at radius 2 is 1.95 bits per heavy atom. The van der Waals surface area contributed by atoms with Gasteiger partial charge < -0.3 is 4.90 Å². The molecule has 2 aromatic rings. The molecule has 116 valence electrons. The van der Waals surface area contributed by atoms with E-state index in [0.29, 0.717) is 15.6 Å². The maximum absolute atomic E-state index is 12.4. The van der Waals surface area contributed by atoms with Gasteiger partial charge in [0.25, 0.3) is 0 Å². The van der Waals surface area contributed by atoms with Crippen LogP contribution in [0.15, 0.2) is 36.5 Å². The fraction of sp³-hybridized carbons (Fsp3) is 0.200. The Balaban J connectivity index is 2.41. The van der Waals surface area contributed by atoms with Gasteiger partial charge in [-0.3, -0.25) is 4.79 Å². The highest BCUT2D eigenvalue weighted by molar-refractivity contribution is 9.24. The van der Waals surface area contributed by atoms with Crippen molar-refractivity contribution in [2.45, 2.75) is 3.74 Å². The molecule has 0 aliphatic rings. The molecule has 0 aliphatic heterocycles. The second kappa shape index (κ2) is 7.73. The first kappa shape index (κ1) is 17.7. The third-order valence-electron chi connectivity index (χ3n) is 2.70. The van der Waals surface area contributed by atoms with Crippen LogP contribution in [0, 0.1) is 0 Å². The number of aromatic nitrogens is 1. The molecule has 22 heavy (non-hydrogen) atoms. The molecule has 0 bridgehead atoms. The first-order valence-electron chi connectivity index (χ1n) is 6.32. The Labute approximate surface area is 155 Å². The highest BCUT2D eigenvalue weighted by Gasteiger charge is 2.21. The lowest BCUT2D eigenvalue weighted by Crippen LogP contribution is -2.03. The third kappa shape index (κ3) is 4.41. The van der Waals surface area contributed by atoms with Gasteiger partial charge in [-0.1, -0.05) is 55.6 Å². The summed E-state index contributed by atoms with van der Waals surface area (Å²) < 4.78 is -0.177. The van der Waals surface area contributed by atoms with Gasteiger partial charge in [0.05, 0.1) is 5.69 Å². The van der Waals surface area contributed by atoms with Gasteiger partial charge in [0, 0.05) is 37.0 Å². The molecule has 0 unspecified atom stereocenters. The van der Waals surface area contributed by atoms with E-state index in [4.69, 9.17) is 11.6 Å². The average Bonchev–Trinajstić information content (AvgIpc) is 2.91. The first-order valence-corrected chi connectivity index (χ1v) is 9.35. The van der Waals surface area contributed by atoms with Gasteiger partial charge in [0.15, 0.2) is 5.78 Å². The molecule has 0 saturated carbocycles. The normalized spacial score (nSPS) is 11.4. The van der Waals surface area contributed by atoms with E-state index in [2.05, 4.69) is 36.8 Å². The van der Waals surface area contributed by atoms with Crippen molar-refractivity contribution >= 4 is 60.6 Å². The summed E-state index contributed by atoms with van der Waals surface area (Å²) in [5.41, 5.74) is 1.62. The summed E-state index contributed by atoms with van der Waals surface area (Å²) in [6.07, 6.45) is 3.27. The number of nitrogens with zero attached hydrogens (tertiary/aromatic N) is 2. The van der Waals surface area contributed by atoms with Gasteiger partial charge in [0.2, 0.25) is 0 Å². The van der Waals surface area contributed by atoms with Crippen molar-refractivity contribution in [1.82, 2.24) is 9.88 Å². The molecule has 1 heterocycles. The molecule has 2 rings (SSSR count). The van der Waals surface area contributed by atoms with Crippen molar-refractivity contribution in [2.24, 2.45) is 0 Å². The number of ketones is 1. The summed E-state index contributed by atoms with van der Waals surface area (Å²) in [6, 6.07) is 7.41. The zero-order chi connectivity index (χ0) is 16.3. The lowest BCUT2D eigenvalue weighted by atomic mass is 10.2. The van der Waals surface area contributed by atoms with E-state index in [1.807, 2.05) is 43.3 Å². The quantitative estimate of drug-likeness (QED) is 0.332. The lowest BCUT2D eigenvalue weighted by molar-refractivity contribution is 0.104. The molecule has 1 aromatic heterocycles. The van der Waals surface area contributed by atoms with Crippen LogP contribution in [-0.4, -0.2) is 29.8 Å². The van der Waals surface area contributed by atoms with E-state index in [1.54, 1.807) is 12.3 Å². The van der Waals surface area contributed by atoms with Crippen LogP contribution in [0.1, 0.15) is 19.1 Å². The Morgan fingerprint density at radius 3 is 2.50 bits per heavy atom.